The summed E-state index contributed by atoms with van der Waals surface area (Å²) in [5.74, 6) is -0.912. The van der Waals surface area contributed by atoms with Gasteiger partial charge in [-0.25, -0.2) is 4.79 Å². The number of rotatable bonds is 5. The van der Waals surface area contributed by atoms with Gasteiger partial charge < -0.3 is 9.84 Å². The number of hydrogen-bond acceptors (Lipinski definition) is 3. The van der Waals surface area contributed by atoms with Crippen molar-refractivity contribution in [2.24, 2.45) is 0 Å². The minimum atomic E-state index is -0.912. The minimum Gasteiger partial charge on any atom is -0.478 e. The van der Waals surface area contributed by atoms with Crippen molar-refractivity contribution >= 4 is 16.7 Å². The number of aromatic nitrogens is 2. The van der Waals surface area contributed by atoms with E-state index in [1.54, 1.807) is 19.2 Å². The summed E-state index contributed by atoms with van der Waals surface area (Å²) in [5, 5.41) is 15.3. The summed E-state index contributed by atoms with van der Waals surface area (Å²) in [6.45, 7) is 1.34. The van der Waals surface area contributed by atoms with Crippen molar-refractivity contribution in [3.63, 3.8) is 0 Å². The summed E-state index contributed by atoms with van der Waals surface area (Å²) in [6.07, 6.45) is 3.80. The molecule has 1 heterocycles. The highest BCUT2D eigenvalue weighted by atomic mass is 16.5. The molecule has 0 aliphatic heterocycles. The van der Waals surface area contributed by atoms with Gasteiger partial charge in [0.2, 0.25) is 0 Å². The molecule has 0 aliphatic carbocycles. The maximum Gasteiger partial charge on any atom is 0.335 e. The Morgan fingerprint density at radius 3 is 2.73 bits per heavy atom. The minimum absolute atomic E-state index is 0.299. The second-order valence-corrected chi connectivity index (χ2v) is 5.07. The van der Waals surface area contributed by atoms with Crippen molar-refractivity contribution < 1.29 is 14.6 Å². The van der Waals surface area contributed by atoms with E-state index >= 15 is 0 Å². The van der Waals surface area contributed by atoms with Crippen molar-refractivity contribution in [3.05, 3.63) is 54.4 Å². The molecule has 0 spiro atoms. The maximum absolute atomic E-state index is 11.0. The van der Waals surface area contributed by atoms with E-state index in [0.717, 1.165) is 21.9 Å². The summed E-state index contributed by atoms with van der Waals surface area (Å²) in [5.41, 5.74) is 2.38. The van der Waals surface area contributed by atoms with Crippen LogP contribution in [0.2, 0.25) is 0 Å². The fourth-order valence-corrected chi connectivity index (χ4v) is 2.38. The van der Waals surface area contributed by atoms with Crippen LogP contribution in [-0.4, -0.2) is 34.6 Å². The third kappa shape index (κ3) is 2.84. The molecule has 1 aromatic heterocycles. The number of hydrogen-bond donors (Lipinski definition) is 1. The fourth-order valence-electron chi connectivity index (χ4n) is 2.38. The Bertz CT molecular complexity index is 824. The van der Waals surface area contributed by atoms with Gasteiger partial charge in [-0.2, -0.15) is 5.10 Å². The van der Waals surface area contributed by atoms with Gasteiger partial charge in [-0.15, -0.1) is 0 Å². The van der Waals surface area contributed by atoms with E-state index in [1.807, 2.05) is 41.3 Å². The highest BCUT2D eigenvalue weighted by Gasteiger charge is 2.06. The number of ether oxygens (including phenoxy) is 1. The van der Waals surface area contributed by atoms with E-state index in [0.29, 0.717) is 18.7 Å². The van der Waals surface area contributed by atoms with E-state index in [9.17, 15) is 4.79 Å². The number of methoxy groups -OCH3 is 1. The fraction of sp³-hybridized carbons (Fsp3) is 0.176. The largest absolute Gasteiger partial charge is 0.478 e. The average molecular weight is 296 g/mol. The Balaban J connectivity index is 1.93. The van der Waals surface area contributed by atoms with Gasteiger partial charge in [-0.1, -0.05) is 18.2 Å². The van der Waals surface area contributed by atoms with Gasteiger partial charge >= 0.3 is 5.97 Å². The first kappa shape index (κ1) is 14.3. The number of benzene rings is 2. The quantitative estimate of drug-likeness (QED) is 0.786. The summed E-state index contributed by atoms with van der Waals surface area (Å²) in [7, 11) is 1.67. The van der Waals surface area contributed by atoms with Gasteiger partial charge in [0.25, 0.3) is 0 Å². The molecule has 0 unspecified atom stereocenters. The number of aromatic carboxylic acids is 1. The molecule has 0 atom stereocenters. The number of carboxylic acid groups (broad SMARTS) is 1. The molecule has 0 radical (unpaired) electrons. The molecule has 2 aromatic carbocycles. The first-order valence-corrected chi connectivity index (χ1v) is 6.96. The monoisotopic (exact) mass is 296 g/mol. The smallest absolute Gasteiger partial charge is 0.335 e. The van der Waals surface area contributed by atoms with Crippen LogP contribution < -0.4 is 0 Å². The maximum atomic E-state index is 11.0. The molecule has 0 amide bonds. The van der Waals surface area contributed by atoms with E-state index in [2.05, 4.69) is 5.10 Å². The Kier molecular flexibility index (Phi) is 3.89. The second-order valence-electron chi connectivity index (χ2n) is 5.07. The van der Waals surface area contributed by atoms with Gasteiger partial charge in [0.05, 0.1) is 24.9 Å². The van der Waals surface area contributed by atoms with Crippen LogP contribution >= 0.6 is 0 Å². The van der Waals surface area contributed by atoms with Crippen LogP contribution in [0, 0.1) is 0 Å². The Morgan fingerprint density at radius 2 is 1.95 bits per heavy atom. The van der Waals surface area contributed by atoms with E-state index in [1.165, 1.54) is 0 Å². The van der Waals surface area contributed by atoms with Crippen LogP contribution in [0.5, 0.6) is 0 Å². The van der Waals surface area contributed by atoms with Crippen LogP contribution in [-0.2, 0) is 11.3 Å². The molecule has 3 rings (SSSR count). The number of fused-ring (bicyclic) bond motifs is 1. The zero-order valence-electron chi connectivity index (χ0n) is 12.2. The number of carboxylic acids is 1. The van der Waals surface area contributed by atoms with Crippen molar-refractivity contribution in [3.8, 4) is 11.1 Å². The molecule has 0 saturated heterocycles. The third-order valence-corrected chi connectivity index (χ3v) is 3.58. The van der Waals surface area contributed by atoms with Crippen molar-refractivity contribution in [2.75, 3.05) is 13.7 Å². The molecule has 5 heteroatoms. The molecule has 0 fully saturated rings. The van der Waals surface area contributed by atoms with Gasteiger partial charge in [0.1, 0.15) is 0 Å². The second kappa shape index (κ2) is 5.99. The molecular formula is C17H16N2O3. The number of nitrogens with zero attached hydrogens (tertiary/aromatic N) is 2. The van der Waals surface area contributed by atoms with E-state index < -0.39 is 5.97 Å². The van der Waals surface area contributed by atoms with Gasteiger partial charge in [-0.3, -0.25) is 4.68 Å². The third-order valence-electron chi connectivity index (χ3n) is 3.58. The molecule has 5 nitrogen and oxygen atoms in total. The van der Waals surface area contributed by atoms with Crippen LogP contribution in [0.3, 0.4) is 0 Å². The highest BCUT2D eigenvalue weighted by Crippen LogP contribution is 2.25. The van der Waals surface area contributed by atoms with Gasteiger partial charge in [0, 0.05) is 18.9 Å². The summed E-state index contributed by atoms with van der Waals surface area (Å²) in [4.78, 5) is 11.0. The normalized spacial score (nSPS) is 11.0. The lowest BCUT2D eigenvalue weighted by molar-refractivity contribution is 0.0697. The SMILES string of the molecule is COCCn1cc(-c2ccc3cc(C(=O)O)ccc3c2)cn1. The van der Waals surface area contributed by atoms with Crippen LogP contribution in [0.25, 0.3) is 21.9 Å². The molecule has 0 saturated carbocycles. The summed E-state index contributed by atoms with van der Waals surface area (Å²) >= 11 is 0. The van der Waals surface area contributed by atoms with Crippen LogP contribution in [0.4, 0.5) is 0 Å². The van der Waals surface area contributed by atoms with Crippen molar-refractivity contribution in [1.82, 2.24) is 9.78 Å². The lowest BCUT2D eigenvalue weighted by atomic mass is 10.0. The molecule has 1 N–H and O–H groups in total. The predicted octanol–water partition coefficient (Wildman–Crippen LogP) is 3.05. The standard InChI is InChI=1S/C17H16N2O3/c1-22-7-6-19-11-16(10-18-19)14-3-2-13-9-15(17(20)21)5-4-12(13)8-14/h2-5,8-11H,6-7H2,1H3,(H,20,21). The number of carbonyl (C=O) groups is 1. The van der Waals surface area contributed by atoms with E-state index in [-0.39, 0.29) is 0 Å². The highest BCUT2D eigenvalue weighted by molar-refractivity contribution is 5.95. The first-order valence-electron chi connectivity index (χ1n) is 6.96. The molecular weight excluding hydrogens is 280 g/mol. The van der Waals surface area contributed by atoms with E-state index in [4.69, 9.17) is 9.84 Å². The lowest BCUT2D eigenvalue weighted by Crippen LogP contribution is -2.03. The molecule has 0 bridgehead atoms. The summed E-state index contributed by atoms with van der Waals surface area (Å²) < 4.78 is 6.88. The molecule has 22 heavy (non-hydrogen) atoms. The Hall–Kier alpha value is -2.66. The first-order chi connectivity index (χ1) is 10.7. The van der Waals surface area contributed by atoms with Gasteiger partial charge in [0.15, 0.2) is 0 Å². The summed E-state index contributed by atoms with van der Waals surface area (Å²) in [6, 6.07) is 11.1. The lowest BCUT2D eigenvalue weighted by Gasteiger charge is -2.03. The zero-order valence-corrected chi connectivity index (χ0v) is 12.2. The van der Waals surface area contributed by atoms with Gasteiger partial charge in [-0.05, 0) is 34.5 Å². The van der Waals surface area contributed by atoms with Crippen molar-refractivity contribution in [2.45, 2.75) is 6.54 Å². The molecule has 3 aromatic rings. The zero-order chi connectivity index (χ0) is 15.5. The van der Waals surface area contributed by atoms with Crippen molar-refractivity contribution in [1.29, 1.82) is 0 Å². The Morgan fingerprint density at radius 1 is 1.18 bits per heavy atom. The average Bonchev–Trinajstić information content (AvgIpc) is 3.00. The predicted molar refractivity (Wildman–Crippen MR) is 84.0 cm³/mol. The topological polar surface area (TPSA) is 64.3 Å². The molecule has 0 aliphatic rings. The van der Waals surface area contributed by atoms with Crippen LogP contribution in [0.15, 0.2) is 48.8 Å². The molecule has 112 valence electrons. The Labute approximate surface area is 127 Å². The van der Waals surface area contributed by atoms with Crippen LogP contribution in [0.1, 0.15) is 10.4 Å².